The molecule has 112 valence electrons. The second-order valence-electron chi connectivity index (χ2n) is 5.19. The van der Waals surface area contributed by atoms with Crippen molar-refractivity contribution in [2.24, 2.45) is 5.92 Å². The molecule has 1 fully saturated rings. The van der Waals surface area contributed by atoms with E-state index in [9.17, 15) is 8.42 Å². The molecule has 0 amide bonds. The third kappa shape index (κ3) is 3.91. The highest BCUT2D eigenvalue weighted by molar-refractivity contribution is 7.90. The monoisotopic (exact) mass is 298 g/mol. The Morgan fingerprint density at radius 1 is 1.40 bits per heavy atom. The number of rotatable bonds is 5. The standard InChI is InChI=1S/C13H22N4O2S/c1-11-9-13(3-6-15-11)16-20(18,19)17-7-4-12(5-8-17)10-14-2/h3,6,9,12,14H,4-5,7-8,10H2,1-2H3,(H,15,16). The average Bonchev–Trinajstić information content (AvgIpc) is 2.39. The van der Waals surface area contributed by atoms with Gasteiger partial charge in [-0.2, -0.15) is 12.7 Å². The number of anilines is 1. The van der Waals surface area contributed by atoms with Crippen LogP contribution in [0.3, 0.4) is 0 Å². The third-order valence-electron chi connectivity index (χ3n) is 3.55. The maximum Gasteiger partial charge on any atom is 0.301 e. The third-order valence-corrected chi connectivity index (χ3v) is 5.09. The maximum atomic E-state index is 12.3. The van der Waals surface area contributed by atoms with Crippen LogP contribution in [0.25, 0.3) is 0 Å². The molecule has 2 rings (SSSR count). The Hall–Kier alpha value is -1.18. The van der Waals surface area contributed by atoms with E-state index in [0.717, 1.165) is 25.1 Å². The molecular formula is C13H22N4O2S. The minimum atomic E-state index is -3.46. The molecule has 1 saturated heterocycles. The van der Waals surface area contributed by atoms with Gasteiger partial charge in [0.05, 0.1) is 5.69 Å². The van der Waals surface area contributed by atoms with Gasteiger partial charge in [0, 0.05) is 25.0 Å². The minimum absolute atomic E-state index is 0.564. The normalized spacial score (nSPS) is 18.1. The van der Waals surface area contributed by atoms with E-state index in [1.165, 1.54) is 4.31 Å². The summed E-state index contributed by atoms with van der Waals surface area (Å²) in [5, 5.41) is 3.15. The van der Waals surface area contributed by atoms with Crippen LogP contribution in [0.15, 0.2) is 18.3 Å². The van der Waals surface area contributed by atoms with E-state index in [4.69, 9.17) is 0 Å². The Bertz CT molecular complexity index is 539. The number of nitrogens with one attached hydrogen (secondary N) is 2. The van der Waals surface area contributed by atoms with E-state index in [1.54, 1.807) is 18.3 Å². The van der Waals surface area contributed by atoms with E-state index >= 15 is 0 Å². The number of aromatic nitrogens is 1. The molecule has 6 nitrogen and oxygen atoms in total. The van der Waals surface area contributed by atoms with Crippen molar-refractivity contribution in [2.45, 2.75) is 19.8 Å². The molecule has 1 aliphatic rings. The lowest BCUT2D eigenvalue weighted by molar-refractivity contribution is 0.272. The van der Waals surface area contributed by atoms with Gasteiger partial charge in [0.1, 0.15) is 0 Å². The lowest BCUT2D eigenvalue weighted by atomic mass is 9.98. The van der Waals surface area contributed by atoms with E-state index in [-0.39, 0.29) is 0 Å². The van der Waals surface area contributed by atoms with E-state index in [1.807, 2.05) is 14.0 Å². The first-order chi connectivity index (χ1) is 9.51. The highest BCUT2D eigenvalue weighted by atomic mass is 32.2. The molecule has 2 N–H and O–H groups in total. The average molecular weight is 298 g/mol. The van der Waals surface area contributed by atoms with Crippen molar-refractivity contribution in [1.29, 1.82) is 0 Å². The van der Waals surface area contributed by atoms with Gasteiger partial charge in [0.2, 0.25) is 0 Å². The molecule has 1 aromatic rings. The van der Waals surface area contributed by atoms with Crippen molar-refractivity contribution >= 4 is 15.9 Å². The number of nitrogens with zero attached hydrogens (tertiary/aromatic N) is 2. The van der Waals surface area contributed by atoms with E-state index in [2.05, 4.69) is 15.0 Å². The number of aryl methyl sites for hydroxylation is 1. The lowest BCUT2D eigenvalue weighted by Crippen LogP contribution is -2.43. The van der Waals surface area contributed by atoms with Crippen LogP contribution in [-0.2, 0) is 10.2 Å². The van der Waals surface area contributed by atoms with Crippen LogP contribution in [0, 0.1) is 12.8 Å². The summed E-state index contributed by atoms with van der Waals surface area (Å²) in [6.45, 7) is 3.93. The van der Waals surface area contributed by atoms with Crippen LogP contribution in [0.1, 0.15) is 18.5 Å². The number of hydrogen-bond donors (Lipinski definition) is 2. The van der Waals surface area contributed by atoms with Crippen molar-refractivity contribution < 1.29 is 8.42 Å². The summed E-state index contributed by atoms with van der Waals surface area (Å²) in [4.78, 5) is 4.06. The second kappa shape index (κ2) is 6.51. The first-order valence-corrected chi connectivity index (χ1v) is 8.30. The fourth-order valence-electron chi connectivity index (χ4n) is 2.46. The molecule has 0 radical (unpaired) electrons. The molecule has 0 saturated carbocycles. The van der Waals surface area contributed by atoms with Crippen LogP contribution in [0.2, 0.25) is 0 Å². The van der Waals surface area contributed by atoms with Crippen LogP contribution in [0.4, 0.5) is 5.69 Å². The summed E-state index contributed by atoms with van der Waals surface area (Å²) < 4.78 is 28.8. The quantitative estimate of drug-likeness (QED) is 0.850. The van der Waals surface area contributed by atoms with Crippen LogP contribution >= 0.6 is 0 Å². The smallest absolute Gasteiger partial charge is 0.301 e. The zero-order valence-corrected chi connectivity index (χ0v) is 12.8. The summed E-state index contributed by atoms with van der Waals surface area (Å²) in [5.41, 5.74) is 1.35. The van der Waals surface area contributed by atoms with Crippen LogP contribution in [-0.4, -0.2) is 44.4 Å². The highest BCUT2D eigenvalue weighted by Gasteiger charge is 2.27. The molecule has 0 aliphatic carbocycles. The van der Waals surface area contributed by atoms with Gasteiger partial charge in [-0.3, -0.25) is 9.71 Å². The molecule has 0 unspecified atom stereocenters. The van der Waals surface area contributed by atoms with Crippen molar-refractivity contribution in [3.8, 4) is 0 Å². The number of piperidine rings is 1. The van der Waals surface area contributed by atoms with Gasteiger partial charge in [-0.1, -0.05) is 0 Å². The largest absolute Gasteiger partial charge is 0.319 e. The lowest BCUT2D eigenvalue weighted by Gasteiger charge is -2.31. The summed E-state index contributed by atoms with van der Waals surface area (Å²) in [5.74, 6) is 0.564. The van der Waals surface area contributed by atoms with Gasteiger partial charge in [0.25, 0.3) is 0 Å². The first kappa shape index (κ1) is 15.2. The zero-order valence-electron chi connectivity index (χ0n) is 12.0. The molecule has 2 heterocycles. The summed E-state index contributed by atoms with van der Waals surface area (Å²) in [6, 6.07) is 3.39. The molecule has 1 aromatic heterocycles. The maximum absolute atomic E-state index is 12.3. The molecule has 0 spiro atoms. The predicted octanol–water partition coefficient (Wildman–Crippen LogP) is 0.978. The highest BCUT2D eigenvalue weighted by Crippen LogP contribution is 2.20. The topological polar surface area (TPSA) is 74.3 Å². The fraction of sp³-hybridized carbons (Fsp3) is 0.615. The molecule has 0 aromatic carbocycles. The van der Waals surface area contributed by atoms with Crippen LogP contribution < -0.4 is 10.0 Å². The fourth-order valence-corrected chi connectivity index (χ4v) is 3.71. The molecular weight excluding hydrogens is 276 g/mol. The summed E-state index contributed by atoms with van der Waals surface area (Å²) >= 11 is 0. The molecule has 0 atom stereocenters. The van der Waals surface area contributed by atoms with Gasteiger partial charge < -0.3 is 5.32 Å². The SMILES string of the molecule is CNCC1CCN(S(=O)(=O)Nc2ccnc(C)c2)CC1. The van der Waals surface area contributed by atoms with Gasteiger partial charge >= 0.3 is 10.2 Å². The van der Waals surface area contributed by atoms with Crippen molar-refractivity contribution in [3.63, 3.8) is 0 Å². The Morgan fingerprint density at radius 2 is 2.10 bits per heavy atom. The van der Waals surface area contributed by atoms with E-state index in [0.29, 0.717) is 24.7 Å². The first-order valence-electron chi connectivity index (χ1n) is 6.86. The summed E-state index contributed by atoms with van der Waals surface area (Å²) in [7, 11) is -1.53. The summed E-state index contributed by atoms with van der Waals surface area (Å²) in [6.07, 6.45) is 3.40. The van der Waals surface area contributed by atoms with Gasteiger partial charge in [-0.25, -0.2) is 0 Å². The van der Waals surface area contributed by atoms with Crippen molar-refractivity contribution in [3.05, 3.63) is 24.0 Å². The van der Waals surface area contributed by atoms with E-state index < -0.39 is 10.2 Å². The van der Waals surface area contributed by atoms with Crippen molar-refractivity contribution in [2.75, 3.05) is 31.4 Å². The molecule has 1 aliphatic heterocycles. The Labute approximate surface area is 120 Å². The van der Waals surface area contributed by atoms with Gasteiger partial charge in [-0.15, -0.1) is 0 Å². The number of pyridine rings is 1. The Balaban J connectivity index is 1.98. The van der Waals surface area contributed by atoms with Crippen LogP contribution in [0.5, 0.6) is 0 Å². The van der Waals surface area contributed by atoms with Crippen molar-refractivity contribution in [1.82, 2.24) is 14.6 Å². The molecule has 0 bridgehead atoms. The molecule has 20 heavy (non-hydrogen) atoms. The second-order valence-corrected chi connectivity index (χ2v) is 6.86. The van der Waals surface area contributed by atoms with Gasteiger partial charge in [-0.05, 0) is 51.4 Å². The van der Waals surface area contributed by atoms with Gasteiger partial charge in [0.15, 0.2) is 0 Å². The minimum Gasteiger partial charge on any atom is -0.319 e. The zero-order chi connectivity index (χ0) is 14.6. The predicted molar refractivity (Wildman–Crippen MR) is 79.7 cm³/mol. The number of hydrogen-bond acceptors (Lipinski definition) is 4. The Morgan fingerprint density at radius 3 is 2.70 bits per heavy atom. The Kier molecular flexibility index (Phi) is 4.95. The molecule has 7 heteroatoms.